The minimum atomic E-state index is -0.0256. The average molecular weight is 302 g/mol. The summed E-state index contributed by atoms with van der Waals surface area (Å²) in [5.41, 5.74) is 3.07. The van der Waals surface area contributed by atoms with Gasteiger partial charge in [0.1, 0.15) is 0 Å². The van der Waals surface area contributed by atoms with Crippen LogP contribution in [0.15, 0.2) is 18.2 Å². The molecule has 0 bridgehead atoms. The Labute approximate surface area is 132 Å². The summed E-state index contributed by atoms with van der Waals surface area (Å²) in [6, 6.07) is 6.38. The van der Waals surface area contributed by atoms with Crippen LogP contribution in [0.5, 0.6) is 0 Å². The molecule has 0 heterocycles. The SMILES string of the molecule is CC(=O)N(CCC(=O)NC1CCCC1)c1cc(C)ccc1C. The fourth-order valence-corrected chi connectivity index (χ4v) is 3.04. The normalized spacial score (nSPS) is 14.9. The van der Waals surface area contributed by atoms with Crippen LogP contribution in [0.25, 0.3) is 0 Å². The maximum absolute atomic E-state index is 12.1. The molecule has 0 radical (unpaired) electrons. The second kappa shape index (κ2) is 7.43. The lowest BCUT2D eigenvalue weighted by molar-refractivity contribution is -0.121. The summed E-state index contributed by atoms with van der Waals surface area (Å²) in [6.45, 7) is 5.98. The van der Waals surface area contributed by atoms with E-state index in [1.54, 1.807) is 11.8 Å². The topological polar surface area (TPSA) is 49.4 Å². The highest BCUT2D eigenvalue weighted by molar-refractivity contribution is 5.93. The average Bonchev–Trinajstić information content (AvgIpc) is 2.95. The third-order valence-corrected chi connectivity index (χ3v) is 4.32. The van der Waals surface area contributed by atoms with Crippen molar-refractivity contribution in [2.24, 2.45) is 0 Å². The van der Waals surface area contributed by atoms with Crippen molar-refractivity contribution in [3.63, 3.8) is 0 Å². The zero-order valence-electron chi connectivity index (χ0n) is 13.8. The Hall–Kier alpha value is -1.84. The largest absolute Gasteiger partial charge is 0.353 e. The standard InChI is InChI=1S/C18H26N2O2/c1-13-8-9-14(2)17(12-13)20(15(3)21)11-10-18(22)19-16-6-4-5-7-16/h8-9,12,16H,4-7,10-11H2,1-3H3,(H,19,22). The minimum Gasteiger partial charge on any atom is -0.353 e. The van der Waals surface area contributed by atoms with Crippen LogP contribution in [-0.2, 0) is 9.59 Å². The molecule has 1 aliphatic carbocycles. The van der Waals surface area contributed by atoms with Gasteiger partial charge in [0.05, 0.1) is 0 Å². The number of benzene rings is 1. The van der Waals surface area contributed by atoms with E-state index in [-0.39, 0.29) is 11.8 Å². The number of rotatable bonds is 5. The molecule has 1 aromatic rings. The summed E-state index contributed by atoms with van der Waals surface area (Å²) in [6.07, 6.45) is 4.92. The molecule has 4 nitrogen and oxygen atoms in total. The van der Waals surface area contributed by atoms with Gasteiger partial charge in [0.2, 0.25) is 11.8 Å². The molecule has 0 spiro atoms. The molecule has 22 heavy (non-hydrogen) atoms. The monoisotopic (exact) mass is 302 g/mol. The molecule has 1 N–H and O–H groups in total. The van der Waals surface area contributed by atoms with Crippen molar-refractivity contribution < 1.29 is 9.59 Å². The molecule has 0 aliphatic heterocycles. The number of nitrogens with zero attached hydrogens (tertiary/aromatic N) is 1. The quantitative estimate of drug-likeness (QED) is 0.908. The first-order chi connectivity index (χ1) is 10.5. The molecule has 2 rings (SSSR count). The molecule has 0 saturated heterocycles. The van der Waals surface area contributed by atoms with Gasteiger partial charge in [-0.05, 0) is 43.9 Å². The molecule has 0 atom stereocenters. The first kappa shape index (κ1) is 16.5. The first-order valence-corrected chi connectivity index (χ1v) is 8.12. The Morgan fingerprint density at radius 1 is 1.23 bits per heavy atom. The van der Waals surface area contributed by atoms with Gasteiger partial charge in [-0.25, -0.2) is 0 Å². The van der Waals surface area contributed by atoms with Gasteiger partial charge in [0.25, 0.3) is 0 Å². The molecule has 1 saturated carbocycles. The maximum Gasteiger partial charge on any atom is 0.223 e. The number of aryl methyl sites for hydroxylation is 2. The summed E-state index contributed by atoms with van der Waals surface area (Å²) >= 11 is 0. The number of carbonyl (C=O) groups is 2. The Kier molecular flexibility index (Phi) is 5.58. The predicted octanol–water partition coefficient (Wildman–Crippen LogP) is 3.11. The fourth-order valence-electron chi connectivity index (χ4n) is 3.04. The molecule has 120 valence electrons. The highest BCUT2D eigenvalue weighted by atomic mass is 16.2. The zero-order valence-corrected chi connectivity index (χ0v) is 13.8. The van der Waals surface area contributed by atoms with Gasteiger partial charge in [0.15, 0.2) is 0 Å². The van der Waals surface area contributed by atoms with E-state index in [0.717, 1.165) is 29.7 Å². The number of hydrogen-bond donors (Lipinski definition) is 1. The van der Waals surface area contributed by atoms with Gasteiger partial charge in [-0.2, -0.15) is 0 Å². The molecule has 4 heteroatoms. The fraction of sp³-hybridized carbons (Fsp3) is 0.556. The summed E-state index contributed by atoms with van der Waals surface area (Å²) in [5, 5.41) is 3.07. The Morgan fingerprint density at radius 3 is 2.55 bits per heavy atom. The third kappa shape index (κ3) is 4.33. The van der Waals surface area contributed by atoms with Crippen molar-refractivity contribution in [3.8, 4) is 0 Å². The zero-order chi connectivity index (χ0) is 16.1. The Bertz CT molecular complexity index is 548. The summed E-state index contributed by atoms with van der Waals surface area (Å²) < 4.78 is 0. The molecule has 1 fully saturated rings. The lowest BCUT2D eigenvalue weighted by atomic mass is 10.1. The van der Waals surface area contributed by atoms with Crippen LogP contribution in [0.1, 0.15) is 50.2 Å². The first-order valence-electron chi connectivity index (χ1n) is 8.12. The number of carbonyl (C=O) groups excluding carboxylic acids is 2. The van der Waals surface area contributed by atoms with Crippen molar-refractivity contribution >= 4 is 17.5 Å². The molecular weight excluding hydrogens is 276 g/mol. The van der Waals surface area contributed by atoms with E-state index in [1.807, 2.05) is 32.0 Å². The predicted molar refractivity (Wildman–Crippen MR) is 89.0 cm³/mol. The van der Waals surface area contributed by atoms with Crippen LogP contribution in [-0.4, -0.2) is 24.4 Å². The van der Waals surface area contributed by atoms with E-state index in [2.05, 4.69) is 5.32 Å². The van der Waals surface area contributed by atoms with Crippen molar-refractivity contribution in [1.29, 1.82) is 0 Å². The van der Waals surface area contributed by atoms with Crippen LogP contribution in [0.2, 0.25) is 0 Å². The van der Waals surface area contributed by atoms with Crippen LogP contribution >= 0.6 is 0 Å². The molecule has 2 amide bonds. The number of nitrogens with one attached hydrogen (secondary N) is 1. The highest BCUT2D eigenvalue weighted by Gasteiger charge is 2.19. The van der Waals surface area contributed by atoms with Crippen LogP contribution in [0.4, 0.5) is 5.69 Å². The van der Waals surface area contributed by atoms with Gasteiger partial charge in [-0.3, -0.25) is 9.59 Å². The van der Waals surface area contributed by atoms with Gasteiger partial charge < -0.3 is 10.2 Å². The molecule has 1 aromatic carbocycles. The van der Waals surface area contributed by atoms with E-state index in [9.17, 15) is 9.59 Å². The second-order valence-corrected chi connectivity index (χ2v) is 6.26. The summed E-state index contributed by atoms with van der Waals surface area (Å²) in [7, 11) is 0. The van der Waals surface area contributed by atoms with E-state index in [0.29, 0.717) is 19.0 Å². The van der Waals surface area contributed by atoms with Crippen LogP contribution < -0.4 is 10.2 Å². The Balaban J connectivity index is 1.98. The third-order valence-electron chi connectivity index (χ3n) is 4.32. The van der Waals surface area contributed by atoms with Crippen LogP contribution in [0, 0.1) is 13.8 Å². The van der Waals surface area contributed by atoms with Crippen molar-refractivity contribution in [3.05, 3.63) is 29.3 Å². The van der Waals surface area contributed by atoms with E-state index >= 15 is 0 Å². The van der Waals surface area contributed by atoms with Crippen LogP contribution in [0.3, 0.4) is 0 Å². The summed E-state index contributed by atoms with van der Waals surface area (Å²) in [4.78, 5) is 25.7. The number of anilines is 1. The Morgan fingerprint density at radius 2 is 1.91 bits per heavy atom. The van der Waals surface area contributed by atoms with Gasteiger partial charge in [-0.15, -0.1) is 0 Å². The summed E-state index contributed by atoms with van der Waals surface area (Å²) in [5.74, 6) is 0.0193. The molecular formula is C18H26N2O2. The molecule has 0 unspecified atom stereocenters. The van der Waals surface area contributed by atoms with E-state index < -0.39 is 0 Å². The van der Waals surface area contributed by atoms with Gasteiger partial charge >= 0.3 is 0 Å². The lowest BCUT2D eigenvalue weighted by Gasteiger charge is -2.24. The minimum absolute atomic E-state index is 0.0256. The highest BCUT2D eigenvalue weighted by Crippen LogP contribution is 2.22. The van der Waals surface area contributed by atoms with Crippen molar-refractivity contribution in [2.45, 2.75) is 58.9 Å². The molecule has 0 aromatic heterocycles. The molecule has 1 aliphatic rings. The number of hydrogen-bond acceptors (Lipinski definition) is 2. The van der Waals surface area contributed by atoms with Crippen molar-refractivity contribution in [2.75, 3.05) is 11.4 Å². The van der Waals surface area contributed by atoms with E-state index in [1.165, 1.54) is 12.8 Å². The van der Waals surface area contributed by atoms with Gasteiger partial charge in [0, 0.05) is 31.6 Å². The van der Waals surface area contributed by atoms with Gasteiger partial charge in [-0.1, -0.05) is 25.0 Å². The van der Waals surface area contributed by atoms with Crippen molar-refractivity contribution in [1.82, 2.24) is 5.32 Å². The van der Waals surface area contributed by atoms with E-state index in [4.69, 9.17) is 0 Å². The lowest BCUT2D eigenvalue weighted by Crippen LogP contribution is -2.37. The maximum atomic E-state index is 12.1. The smallest absolute Gasteiger partial charge is 0.223 e. The second-order valence-electron chi connectivity index (χ2n) is 6.26. The number of amides is 2.